The van der Waals surface area contributed by atoms with E-state index < -0.39 is 0 Å². The Labute approximate surface area is 169 Å². The van der Waals surface area contributed by atoms with E-state index in [1.807, 2.05) is 0 Å². The first kappa shape index (κ1) is 16.6. The minimum Gasteiger partial charge on any atom is -0.373 e. The van der Waals surface area contributed by atoms with E-state index in [9.17, 15) is 0 Å². The van der Waals surface area contributed by atoms with Crippen LogP contribution in [0.15, 0.2) is 60.9 Å². The number of pyridine rings is 1. The highest BCUT2D eigenvalue weighted by Crippen LogP contribution is 2.29. The molecule has 0 spiro atoms. The van der Waals surface area contributed by atoms with Crippen molar-refractivity contribution in [2.45, 2.75) is 19.9 Å². The number of aryl methyl sites for hydroxylation is 2. The molecule has 1 aliphatic heterocycles. The second kappa shape index (κ2) is 5.84. The molecule has 0 N–H and O–H groups in total. The Kier molecular flexibility index (Phi) is 3.34. The number of rotatable bonds is 1. The van der Waals surface area contributed by atoms with E-state index in [2.05, 4.69) is 103 Å². The first-order valence-corrected chi connectivity index (χ1v) is 10.2. The molecule has 0 saturated heterocycles. The lowest BCUT2D eigenvalue weighted by molar-refractivity contribution is 0.405. The molecule has 0 radical (unpaired) electrons. The maximum atomic E-state index is 5.14. The van der Waals surface area contributed by atoms with Crippen LogP contribution in [0.5, 0.6) is 0 Å². The molecule has 0 saturated carbocycles. The van der Waals surface area contributed by atoms with Gasteiger partial charge in [-0.3, -0.25) is 4.40 Å². The number of fused-ring (bicyclic) bond motifs is 7. The number of hydrogen-bond donors (Lipinski definition) is 0. The van der Waals surface area contributed by atoms with Crippen molar-refractivity contribution in [2.75, 3.05) is 7.05 Å². The van der Waals surface area contributed by atoms with Crippen molar-refractivity contribution >= 4 is 28.6 Å². The van der Waals surface area contributed by atoms with E-state index in [0.29, 0.717) is 12.0 Å². The van der Waals surface area contributed by atoms with E-state index in [4.69, 9.17) is 4.98 Å². The molecule has 3 heterocycles. The third-order valence-electron chi connectivity index (χ3n) is 6.53. The van der Waals surface area contributed by atoms with Gasteiger partial charge in [0.2, 0.25) is 0 Å². The van der Waals surface area contributed by atoms with Gasteiger partial charge in [0.25, 0.3) is 0 Å². The molecule has 6 rings (SSSR count). The maximum absolute atomic E-state index is 5.14. The molecular formula is C26H23N3. The normalized spacial score (nSPS) is 19.9. The molecule has 0 bridgehead atoms. The molecule has 3 nitrogen and oxygen atoms in total. The highest BCUT2D eigenvalue weighted by atomic mass is 15.1. The molecular weight excluding hydrogens is 354 g/mol. The molecule has 2 aromatic carbocycles. The third kappa shape index (κ3) is 2.27. The van der Waals surface area contributed by atoms with E-state index >= 15 is 0 Å². The lowest BCUT2D eigenvalue weighted by Crippen LogP contribution is -2.41. The molecule has 142 valence electrons. The van der Waals surface area contributed by atoms with E-state index in [1.54, 1.807) is 0 Å². The summed E-state index contributed by atoms with van der Waals surface area (Å²) in [5.41, 5.74) is 5.86. The minimum atomic E-state index is 0.393. The summed E-state index contributed by atoms with van der Waals surface area (Å²) >= 11 is 0. The largest absolute Gasteiger partial charge is 0.373 e. The predicted octanol–water partition coefficient (Wildman–Crippen LogP) is 3.79. The Hall–Kier alpha value is -3.33. The van der Waals surface area contributed by atoms with Crippen LogP contribution in [-0.4, -0.2) is 27.4 Å². The number of aromatic nitrogens is 2. The number of imidazole rings is 1. The zero-order valence-corrected chi connectivity index (χ0v) is 16.9. The Bertz CT molecular complexity index is 1430. The van der Waals surface area contributed by atoms with Crippen LogP contribution in [-0.2, 0) is 0 Å². The first-order chi connectivity index (χ1) is 14.1. The van der Waals surface area contributed by atoms with Crippen molar-refractivity contribution < 1.29 is 0 Å². The van der Waals surface area contributed by atoms with Gasteiger partial charge in [-0.05, 0) is 36.6 Å². The molecule has 0 amide bonds. The summed E-state index contributed by atoms with van der Waals surface area (Å²) in [6.45, 7) is 4.34. The maximum Gasteiger partial charge on any atom is 0.145 e. The van der Waals surface area contributed by atoms with Gasteiger partial charge < -0.3 is 4.90 Å². The van der Waals surface area contributed by atoms with Crippen molar-refractivity contribution in [3.8, 4) is 11.3 Å². The monoisotopic (exact) mass is 377 g/mol. The summed E-state index contributed by atoms with van der Waals surface area (Å²) in [6, 6.07) is 15.5. The van der Waals surface area contributed by atoms with Crippen molar-refractivity contribution in [2.24, 2.45) is 5.92 Å². The molecule has 2 unspecified atom stereocenters. The van der Waals surface area contributed by atoms with Crippen molar-refractivity contribution in [3.63, 3.8) is 0 Å². The lowest BCUT2D eigenvalue weighted by Gasteiger charge is -2.24. The summed E-state index contributed by atoms with van der Waals surface area (Å²) in [4.78, 5) is 7.45. The molecule has 0 fully saturated rings. The van der Waals surface area contributed by atoms with Gasteiger partial charge in [0, 0.05) is 35.3 Å². The Balaban J connectivity index is 1.77. The Morgan fingerprint density at radius 1 is 0.897 bits per heavy atom. The van der Waals surface area contributed by atoms with Gasteiger partial charge in [-0.1, -0.05) is 60.7 Å². The van der Waals surface area contributed by atoms with Crippen LogP contribution in [0.4, 0.5) is 0 Å². The number of benzene rings is 2. The Morgan fingerprint density at radius 2 is 1.66 bits per heavy atom. The van der Waals surface area contributed by atoms with Crippen LogP contribution < -0.4 is 10.6 Å². The van der Waals surface area contributed by atoms with Gasteiger partial charge in [0.15, 0.2) is 0 Å². The van der Waals surface area contributed by atoms with Gasteiger partial charge in [0.1, 0.15) is 5.65 Å². The van der Waals surface area contributed by atoms with Gasteiger partial charge in [-0.25, -0.2) is 4.98 Å². The molecule has 2 aliphatic rings. The fourth-order valence-electron chi connectivity index (χ4n) is 5.07. The van der Waals surface area contributed by atoms with Gasteiger partial charge >= 0.3 is 0 Å². The minimum absolute atomic E-state index is 0.393. The summed E-state index contributed by atoms with van der Waals surface area (Å²) in [5, 5.41) is 5.06. The van der Waals surface area contributed by atoms with Gasteiger partial charge in [-0.2, -0.15) is 0 Å². The highest BCUT2D eigenvalue weighted by Gasteiger charge is 2.26. The highest BCUT2D eigenvalue weighted by molar-refractivity contribution is 5.96. The molecule has 29 heavy (non-hydrogen) atoms. The molecule has 1 aliphatic carbocycles. The average Bonchev–Trinajstić information content (AvgIpc) is 3.31. The summed E-state index contributed by atoms with van der Waals surface area (Å²) in [5.74, 6) is 0.405. The zero-order chi connectivity index (χ0) is 19.7. The van der Waals surface area contributed by atoms with E-state index in [0.717, 1.165) is 11.3 Å². The summed E-state index contributed by atoms with van der Waals surface area (Å²) < 4.78 is 2.30. The molecule has 2 atom stereocenters. The van der Waals surface area contributed by atoms with Crippen LogP contribution >= 0.6 is 0 Å². The van der Waals surface area contributed by atoms with Crippen LogP contribution in [0.25, 0.3) is 39.8 Å². The zero-order valence-electron chi connectivity index (χ0n) is 16.9. The van der Waals surface area contributed by atoms with Crippen molar-refractivity contribution in [3.05, 3.63) is 82.6 Å². The van der Waals surface area contributed by atoms with E-state index in [1.165, 1.54) is 38.0 Å². The third-order valence-corrected chi connectivity index (χ3v) is 6.53. The quantitative estimate of drug-likeness (QED) is 0.503. The summed E-state index contributed by atoms with van der Waals surface area (Å²) in [7, 11) is 2.16. The van der Waals surface area contributed by atoms with Crippen LogP contribution in [0, 0.1) is 19.8 Å². The standard InChI is InChI=1S/C26H23N3/c1-16-7-6-8-17(2)25(16)22-15-29-24-13-18-11-12-28(3)23(18)14-21(24)19-9-4-5-10-20(19)26(29)27-22/h4-15,18,23H,1-3H3. The SMILES string of the molecule is Cc1cccc(C)c1-c1cn2c3c(c4ccccc4c2n1)=CC1C(C=CN1C)C=3. The second-order valence-electron chi connectivity index (χ2n) is 8.34. The van der Waals surface area contributed by atoms with Gasteiger partial charge in [0.05, 0.1) is 17.1 Å². The number of hydrogen-bond acceptors (Lipinski definition) is 2. The first-order valence-electron chi connectivity index (χ1n) is 10.2. The Morgan fingerprint density at radius 3 is 2.45 bits per heavy atom. The van der Waals surface area contributed by atoms with E-state index in [-0.39, 0.29) is 0 Å². The summed E-state index contributed by atoms with van der Waals surface area (Å²) in [6.07, 6.45) is 11.6. The second-order valence-corrected chi connectivity index (χ2v) is 8.34. The van der Waals surface area contributed by atoms with Gasteiger partial charge in [-0.15, -0.1) is 0 Å². The smallest absolute Gasteiger partial charge is 0.145 e. The van der Waals surface area contributed by atoms with Crippen molar-refractivity contribution in [1.82, 2.24) is 14.3 Å². The predicted molar refractivity (Wildman–Crippen MR) is 120 cm³/mol. The molecule has 4 aromatic rings. The molecule has 2 aromatic heterocycles. The van der Waals surface area contributed by atoms with Crippen LogP contribution in [0.3, 0.4) is 0 Å². The topological polar surface area (TPSA) is 20.5 Å². The molecule has 3 heteroatoms. The number of nitrogens with zero attached hydrogens (tertiary/aromatic N) is 3. The average molecular weight is 377 g/mol. The fourth-order valence-corrected chi connectivity index (χ4v) is 5.07. The van der Waals surface area contributed by atoms with Crippen LogP contribution in [0.1, 0.15) is 11.1 Å². The lowest BCUT2D eigenvalue weighted by atomic mass is 9.94. The van der Waals surface area contributed by atoms with Crippen LogP contribution in [0.2, 0.25) is 0 Å². The van der Waals surface area contributed by atoms with Crippen molar-refractivity contribution in [1.29, 1.82) is 0 Å². The fraction of sp³-hybridized carbons (Fsp3) is 0.192.